The van der Waals surface area contributed by atoms with Crippen LogP contribution in [0.1, 0.15) is 31.1 Å². The number of thiophene rings is 1. The molecule has 0 spiro atoms. The van der Waals surface area contributed by atoms with Gasteiger partial charge in [0.2, 0.25) is 0 Å². The van der Waals surface area contributed by atoms with Crippen LogP contribution in [0.5, 0.6) is 0 Å². The molecule has 1 aromatic heterocycles. The van der Waals surface area contributed by atoms with Crippen molar-refractivity contribution in [3.63, 3.8) is 0 Å². The van der Waals surface area contributed by atoms with Crippen molar-refractivity contribution in [2.24, 2.45) is 5.73 Å². The molecule has 0 bridgehead atoms. The van der Waals surface area contributed by atoms with Crippen LogP contribution >= 0.6 is 11.3 Å². The van der Waals surface area contributed by atoms with Crippen LogP contribution in [0.2, 0.25) is 0 Å². The minimum Gasteiger partial charge on any atom is -0.329 e. The minimum atomic E-state index is 0.147. The van der Waals surface area contributed by atoms with Crippen molar-refractivity contribution in [1.82, 2.24) is 10.2 Å². The summed E-state index contributed by atoms with van der Waals surface area (Å²) in [4.78, 5) is 3.93. The van der Waals surface area contributed by atoms with Crippen LogP contribution < -0.4 is 11.1 Å². The van der Waals surface area contributed by atoms with E-state index in [9.17, 15) is 0 Å². The van der Waals surface area contributed by atoms with Crippen LogP contribution in [0.4, 0.5) is 0 Å². The Hall–Kier alpha value is -0.420. The first kappa shape index (κ1) is 14.0. The molecular formula is C14H25N3S. The standard InChI is InChI=1S/C14H25N3S/c1-2-17-8-4-6-14(12-15,7-9-17)16-11-13-5-3-10-18-13/h3,5,10,16H,2,4,6-9,11-12,15H2,1H3. The molecule has 1 saturated heterocycles. The van der Waals surface area contributed by atoms with E-state index >= 15 is 0 Å². The van der Waals surface area contributed by atoms with Gasteiger partial charge in [-0.25, -0.2) is 0 Å². The zero-order valence-electron chi connectivity index (χ0n) is 11.3. The molecule has 0 aromatic carbocycles. The van der Waals surface area contributed by atoms with E-state index < -0.39 is 0 Å². The Morgan fingerprint density at radius 2 is 2.33 bits per heavy atom. The van der Waals surface area contributed by atoms with E-state index in [1.54, 1.807) is 0 Å². The first-order valence-corrected chi connectivity index (χ1v) is 7.86. The Morgan fingerprint density at radius 3 is 3.00 bits per heavy atom. The van der Waals surface area contributed by atoms with Crippen LogP contribution in [-0.2, 0) is 6.54 Å². The summed E-state index contributed by atoms with van der Waals surface area (Å²) in [7, 11) is 0. The first-order valence-electron chi connectivity index (χ1n) is 6.98. The van der Waals surface area contributed by atoms with Gasteiger partial charge in [-0.2, -0.15) is 0 Å². The molecule has 3 nitrogen and oxygen atoms in total. The lowest BCUT2D eigenvalue weighted by Crippen LogP contribution is -2.51. The summed E-state index contributed by atoms with van der Waals surface area (Å²) in [6, 6.07) is 4.31. The van der Waals surface area contributed by atoms with Gasteiger partial charge in [-0.15, -0.1) is 11.3 Å². The highest BCUT2D eigenvalue weighted by molar-refractivity contribution is 7.09. The molecule has 3 N–H and O–H groups in total. The van der Waals surface area contributed by atoms with E-state index in [-0.39, 0.29) is 5.54 Å². The summed E-state index contributed by atoms with van der Waals surface area (Å²) in [5.41, 5.74) is 6.20. The summed E-state index contributed by atoms with van der Waals surface area (Å²) in [5.74, 6) is 0. The third kappa shape index (κ3) is 3.54. The zero-order chi connectivity index (χ0) is 12.8. The average molecular weight is 267 g/mol. The molecule has 4 heteroatoms. The van der Waals surface area contributed by atoms with Crippen molar-refractivity contribution in [2.45, 2.75) is 38.3 Å². The quantitative estimate of drug-likeness (QED) is 0.858. The molecule has 2 heterocycles. The molecule has 1 aliphatic rings. The fraction of sp³-hybridized carbons (Fsp3) is 0.714. The molecule has 0 saturated carbocycles. The number of hydrogen-bond donors (Lipinski definition) is 2. The van der Waals surface area contributed by atoms with Gasteiger partial charge >= 0.3 is 0 Å². The molecular weight excluding hydrogens is 242 g/mol. The van der Waals surface area contributed by atoms with Crippen LogP contribution in [0.3, 0.4) is 0 Å². The second kappa shape index (κ2) is 6.66. The smallest absolute Gasteiger partial charge is 0.0320 e. The molecule has 1 unspecified atom stereocenters. The van der Waals surface area contributed by atoms with Crippen molar-refractivity contribution in [3.8, 4) is 0 Å². The Morgan fingerprint density at radius 1 is 1.44 bits per heavy atom. The number of nitrogens with one attached hydrogen (secondary N) is 1. The SMILES string of the molecule is CCN1CCCC(CN)(NCc2cccs2)CC1. The lowest BCUT2D eigenvalue weighted by atomic mass is 9.90. The molecule has 1 aromatic rings. The first-order chi connectivity index (χ1) is 8.78. The molecule has 0 radical (unpaired) electrons. The molecule has 1 atom stereocenters. The Balaban J connectivity index is 1.92. The maximum absolute atomic E-state index is 6.06. The third-order valence-corrected chi connectivity index (χ3v) is 4.97. The van der Waals surface area contributed by atoms with Crippen molar-refractivity contribution in [2.75, 3.05) is 26.2 Å². The highest BCUT2D eigenvalue weighted by Gasteiger charge is 2.30. The van der Waals surface area contributed by atoms with Crippen molar-refractivity contribution < 1.29 is 0 Å². The summed E-state index contributed by atoms with van der Waals surface area (Å²) in [5, 5.41) is 5.87. The number of likely N-dealkylation sites (tertiary alicyclic amines) is 1. The van der Waals surface area contributed by atoms with Gasteiger partial charge in [0, 0.05) is 23.5 Å². The van der Waals surface area contributed by atoms with Gasteiger partial charge in [-0.05, 0) is 50.3 Å². The topological polar surface area (TPSA) is 41.3 Å². The third-order valence-electron chi connectivity index (χ3n) is 4.09. The van der Waals surface area contributed by atoms with Crippen LogP contribution in [-0.4, -0.2) is 36.6 Å². The van der Waals surface area contributed by atoms with Crippen molar-refractivity contribution in [1.29, 1.82) is 0 Å². The molecule has 102 valence electrons. The highest BCUT2D eigenvalue weighted by atomic mass is 32.1. The fourth-order valence-corrected chi connectivity index (χ4v) is 3.35. The zero-order valence-corrected chi connectivity index (χ0v) is 12.1. The van der Waals surface area contributed by atoms with E-state index in [2.05, 4.69) is 34.7 Å². The molecule has 1 aliphatic heterocycles. The summed E-state index contributed by atoms with van der Waals surface area (Å²) in [6.45, 7) is 7.50. The predicted molar refractivity (Wildman–Crippen MR) is 78.9 cm³/mol. The van der Waals surface area contributed by atoms with Gasteiger partial charge in [0.1, 0.15) is 0 Å². The van der Waals surface area contributed by atoms with Gasteiger partial charge in [0.15, 0.2) is 0 Å². The fourth-order valence-electron chi connectivity index (χ4n) is 2.71. The lowest BCUT2D eigenvalue weighted by molar-refractivity contribution is 0.265. The van der Waals surface area contributed by atoms with Crippen LogP contribution in [0.25, 0.3) is 0 Å². The van der Waals surface area contributed by atoms with Crippen molar-refractivity contribution in [3.05, 3.63) is 22.4 Å². The van der Waals surface area contributed by atoms with Gasteiger partial charge in [-0.3, -0.25) is 0 Å². The van der Waals surface area contributed by atoms with Gasteiger partial charge < -0.3 is 16.0 Å². The van der Waals surface area contributed by atoms with Crippen LogP contribution in [0, 0.1) is 0 Å². The van der Waals surface area contributed by atoms with Crippen LogP contribution in [0.15, 0.2) is 17.5 Å². The monoisotopic (exact) mass is 267 g/mol. The lowest BCUT2D eigenvalue weighted by Gasteiger charge is -2.33. The number of nitrogens with zero attached hydrogens (tertiary/aromatic N) is 1. The molecule has 0 amide bonds. The van der Waals surface area contributed by atoms with Gasteiger partial charge in [-0.1, -0.05) is 13.0 Å². The second-order valence-electron chi connectivity index (χ2n) is 5.21. The van der Waals surface area contributed by atoms with E-state index in [0.29, 0.717) is 0 Å². The van der Waals surface area contributed by atoms with E-state index in [1.165, 1.54) is 37.2 Å². The normalized spacial score (nSPS) is 26.1. The van der Waals surface area contributed by atoms with Gasteiger partial charge in [0.05, 0.1) is 0 Å². The molecule has 0 aliphatic carbocycles. The Labute approximate surface area is 114 Å². The Bertz CT molecular complexity index is 339. The molecule has 2 rings (SSSR count). The molecule has 1 fully saturated rings. The van der Waals surface area contributed by atoms with E-state index in [1.807, 2.05) is 11.3 Å². The molecule has 18 heavy (non-hydrogen) atoms. The maximum atomic E-state index is 6.06. The predicted octanol–water partition coefficient (Wildman–Crippen LogP) is 2.04. The number of rotatable bonds is 5. The van der Waals surface area contributed by atoms with Gasteiger partial charge in [0.25, 0.3) is 0 Å². The summed E-state index contributed by atoms with van der Waals surface area (Å²) < 4.78 is 0. The average Bonchev–Trinajstić information content (AvgIpc) is 2.83. The summed E-state index contributed by atoms with van der Waals surface area (Å²) >= 11 is 1.82. The number of nitrogens with two attached hydrogens (primary N) is 1. The largest absolute Gasteiger partial charge is 0.329 e. The van der Waals surface area contributed by atoms with E-state index in [0.717, 1.165) is 19.6 Å². The second-order valence-corrected chi connectivity index (χ2v) is 6.24. The Kier molecular flexibility index (Phi) is 5.18. The summed E-state index contributed by atoms with van der Waals surface area (Å²) in [6.07, 6.45) is 3.62. The van der Waals surface area contributed by atoms with Crippen molar-refractivity contribution >= 4 is 11.3 Å². The maximum Gasteiger partial charge on any atom is 0.0320 e. The highest BCUT2D eigenvalue weighted by Crippen LogP contribution is 2.22. The minimum absolute atomic E-state index is 0.147. The number of hydrogen-bond acceptors (Lipinski definition) is 4. The van der Waals surface area contributed by atoms with E-state index in [4.69, 9.17) is 5.73 Å².